The Morgan fingerprint density at radius 2 is 1.38 bits per heavy atom. The number of allylic oxidation sites excluding steroid dienone is 1. The van der Waals surface area contributed by atoms with Crippen LogP contribution in [-0.2, 0) is 6.42 Å². The first-order valence-corrected chi connectivity index (χ1v) is 21.5. The second-order valence-electron chi connectivity index (χ2n) is 18.2. The standard InChI is InChI=1S/C53H50N4O/c1-29(2)35-15-11-18-38-32(6)37-17-12-19-40-39-22-21-34-13-10-16-36-33(7)43-28-42(30(3)4)51-48(41-14-8-9-20-45(41)58-51)50(43)57-25-23-54(52(57)46(34)36)31(5)27-44(39)55-24-26-56(49(35)38)53(55)47(37)40/h8-20,23-26,28-30,32-33,39,44H,5,21-22,27H2,1-4,6-7H3/q+2. The molecule has 3 aromatic heterocycles. The van der Waals surface area contributed by atoms with E-state index in [1.54, 1.807) is 0 Å². The average molecular weight is 759 g/mol. The van der Waals surface area contributed by atoms with Gasteiger partial charge in [-0.3, -0.25) is 0 Å². The molecule has 4 aliphatic rings. The van der Waals surface area contributed by atoms with Gasteiger partial charge in [-0.05, 0) is 64.6 Å². The van der Waals surface area contributed by atoms with Gasteiger partial charge >= 0.3 is 0 Å². The van der Waals surface area contributed by atoms with Crippen LogP contribution in [0.5, 0.6) is 0 Å². The second-order valence-corrected chi connectivity index (χ2v) is 18.2. The molecule has 0 aliphatic carbocycles. The Morgan fingerprint density at radius 3 is 2.21 bits per heavy atom. The third-order valence-corrected chi connectivity index (χ3v) is 14.5. The summed E-state index contributed by atoms with van der Waals surface area (Å²) in [5, 5.41) is 2.38. The van der Waals surface area contributed by atoms with Crippen LogP contribution in [0.1, 0.15) is 135 Å². The van der Waals surface area contributed by atoms with Gasteiger partial charge in [0.25, 0.3) is 11.6 Å². The van der Waals surface area contributed by atoms with Crippen LogP contribution in [0.4, 0.5) is 0 Å². The zero-order valence-corrected chi connectivity index (χ0v) is 34.4. The van der Waals surface area contributed by atoms with Crippen LogP contribution in [0, 0.1) is 0 Å². The van der Waals surface area contributed by atoms with E-state index in [4.69, 9.17) is 11.0 Å². The van der Waals surface area contributed by atoms with Crippen molar-refractivity contribution in [2.24, 2.45) is 0 Å². The van der Waals surface area contributed by atoms with Crippen LogP contribution in [0.2, 0.25) is 0 Å². The van der Waals surface area contributed by atoms with Crippen molar-refractivity contribution in [2.45, 2.75) is 96.4 Å². The summed E-state index contributed by atoms with van der Waals surface area (Å²) in [7, 11) is 0. The third-order valence-electron chi connectivity index (χ3n) is 14.5. The highest BCUT2D eigenvalue weighted by Gasteiger charge is 2.47. The Balaban J connectivity index is 1.11. The normalized spacial score (nSPS) is 20.0. The number of para-hydroxylation sites is 2. The summed E-state index contributed by atoms with van der Waals surface area (Å²) < 4.78 is 16.9. The molecule has 0 saturated heterocycles. The molecule has 4 unspecified atom stereocenters. The first-order valence-electron chi connectivity index (χ1n) is 21.5. The fraction of sp³-hybridized carbons (Fsp3) is 0.283. The monoisotopic (exact) mass is 758 g/mol. The number of hydrogen-bond acceptors (Lipinski definition) is 1. The summed E-state index contributed by atoms with van der Waals surface area (Å²) in [5.74, 6) is 4.02. The molecule has 5 heteroatoms. The second kappa shape index (κ2) is 12.0. The molecule has 58 heavy (non-hydrogen) atoms. The molecule has 0 amide bonds. The molecule has 12 rings (SSSR count). The number of fused-ring (bicyclic) bond motifs is 11. The highest BCUT2D eigenvalue weighted by molar-refractivity contribution is 6.11. The molecule has 5 nitrogen and oxygen atoms in total. The van der Waals surface area contributed by atoms with Crippen LogP contribution in [0.25, 0.3) is 61.8 Å². The third kappa shape index (κ3) is 4.37. The van der Waals surface area contributed by atoms with Gasteiger partial charge in [0.2, 0.25) is 0 Å². The fourth-order valence-corrected chi connectivity index (χ4v) is 11.7. The fourth-order valence-electron chi connectivity index (χ4n) is 11.7. The van der Waals surface area contributed by atoms with Crippen molar-refractivity contribution in [3.63, 3.8) is 0 Å². The summed E-state index contributed by atoms with van der Waals surface area (Å²) in [6, 6.07) is 32.5. The maximum absolute atomic E-state index is 6.78. The van der Waals surface area contributed by atoms with Gasteiger partial charge in [0.1, 0.15) is 59.1 Å². The van der Waals surface area contributed by atoms with Crippen molar-refractivity contribution in [3.05, 3.63) is 161 Å². The van der Waals surface area contributed by atoms with Crippen LogP contribution in [0.15, 0.2) is 121 Å². The Labute approximate surface area is 340 Å². The molecule has 0 spiro atoms. The smallest absolute Gasteiger partial charge is 0.299 e. The molecular weight excluding hydrogens is 709 g/mol. The molecule has 286 valence electrons. The minimum absolute atomic E-state index is 0.175. The van der Waals surface area contributed by atoms with E-state index in [9.17, 15) is 0 Å². The van der Waals surface area contributed by atoms with Crippen molar-refractivity contribution < 1.29 is 13.6 Å². The zero-order chi connectivity index (χ0) is 39.3. The van der Waals surface area contributed by atoms with E-state index in [1.165, 1.54) is 89.4 Å². The Morgan fingerprint density at radius 1 is 0.690 bits per heavy atom. The molecule has 7 heterocycles. The summed E-state index contributed by atoms with van der Waals surface area (Å²) in [4.78, 5) is 0. The van der Waals surface area contributed by atoms with E-state index in [0.717, 1.165) is 36.1 Å². The van der Waals surface area contributed by atoms with Gasteiger partial charge < -0.3 is 4.42 Å². The highest BCUT2D eigenvalue weighted by atomic mass is 16.3. The maximum Gasteiger partial charge on any atom is 0.299 e. The van der Waals surface area contributed by atoms with Gasteiger partial charge in [-0.1, -0.05) is 121 Å². The van der Waals surface area contributed by atoms with E-state index >= 15 is 0 Å². The maximum atomic E-state index is 6.78. The van der Waals surface area contributed by atoms with Gasteiger partial charge in [-0.25, -0.2) is 4.57 Å². The quantitative estimate of drug-likeness (QED) is 0.162. The molecule has 5 aromatic carbocycles. The largest absolute Gasteiger partial charge is 0.456 e. The van der Waals surface area contributed by atoms with Gasteiger partial charge in [0.05, 0.1) is 22.9 Å². The SMILES string of the molecule is C=C1CC2C(CCc3cccc4c3-c3n(cc[n+]31)-c1c(cc(C(C)C)c3oc5ccccc5c13)C4C)c1cccc3c1-c1n(cc[n+]12)-c1c(C(C)C)cccc1C3C. The number of benzene rings is 5. The minimum atomic E-state index is 0.175. The van der Waals surface area contributed by atoms with E-state index < -0.39 is 0 Å². The van der Waals surface area contributed by atoms with Gasteiger partial charge in [-0.2, -0.15) is 13.7 Å². The number of nitrogens with zero attached hydrogens (tertiary/aromatic N) is 4. The minimum Gasteiger partial charge on any atom is -0.456 e. The summed E-state index contributed by atoms with van der Waals surface area (Å²) >= 11 is 0. The van der Waals surface area contributed by atoms with Crippen LogP contribution < -0.4 is 9.13 Å². The Hall–Kier alpha value is -5.94. The van der Waals surface area contributed by atoms with E-state index in [1.807, 2.05) is 0 Å². The van der Waals surface area contributed by atoms with E-state index in [-0.39, 0.29) is 17.9 Å². The van der Waals surface area contributed by atoms with E-state index in [0.29, 0.717) is 17.8 Å². The summed E-state index contributed by atoms with van der Waals surface area (Å²) in [6.45, 7) is 19.1. The van der Waals surface area contributed by atoms with Crippen LogP contribution >= 0.6 is 0 Å². The van der Waals surface area contributed by atoms with Gasteiger partial charge in [0, 0.05) is 39.8 Å². The molecule has 0 radical (unpaired) electrons. The molecule has 0 fully saturated rings. The van der Waals surface area contributed by atoms with Crippen LogP contribution in [0.3, 0.4) is 0 Å². The average Bonchev–Trinajstić information content (AvgIpc) is 3.94. The number of aromatic nitrogens is 4. The number of imidazole rings is 2. The van der Waals surface area contributed by atoms with Crippen molar-refractivity contribution in [1.82, 2.24) is 9.13 Å². The first-order chi connectivity index (χ1) is 28.2. The van der Waals surface area contributed by atoms with Crippen molar-refractivity contribution >= 4 is 27.6 Å². The van der Waals surface area contributed by atoms with Crippen molar-refractivity contribution in [3.8, 4) is 34.2 Å². The van der Waals surface area contributed by atoms with Crippen molar-refractivity contribution in [2.75, 3.05) is 0 Å². The van der Waals surface area contributed by atoms with Gasteiger partial charge in [0.15, 0.2) is 0 Å². The summed E-state index contributed by atoms with van der Waals surface area (Å²) in [6.07, 6.45) is 12.2. The Bertz CT molecular complexity index is 3070. The van der Waals surface area contributed by atoms with Gasteiger partial charge in [-0.15, -0.1) is 0 Å². The van der Waals surface area contributed by atoms with E-state index in [2.05, 4.69) is 170 Å². The summed E-state index contributed by atoms with van der Waals surface area (Å²) in [5.41, 5.74) is 19.6. The highest BCUT2D eigenvalue weighted by Crippen LogP contribution is 2.53. The topological polar surface area (TPSA) is 30.8 Å². The van der Waals surface area contributed by atoms with Crippen molar-refractivity contribution in [1.29, 1.82) is 0 Å². The predicted molar refractivity (Wildman–Crippen MR) is 233 cm³/mol. The lowest BCUT2D eigenvalue weighted by atomic mass is 9.75. The lowest BCUT2D eigenvalue weighted by molar-refractivity contribution is -0.719. The molecule has 0 bridgehead atoms. The molecule has 0 N–H and O–H groups in total. The number of aryl methyl sites for hydroxylation is 1. The molecule has 4 atom stereocenters. The number of rotatable bonds is 2. The molecule has 4 aliphatic heterocycles. The lowest BCUT2D eigenvalue weighted by Gasteiger charge is -2.33. The van der Waals surface area contributed by atoms with Crippen LogP contribution in [-0.4, -0.2) is 9.13 Å². The molecular formula is C53H50N4O+2. The number of hydrogen-bond donors (Lipinski definition) is 0. The number of furan rings is 1. The Kier molecular flexibility index (Phi) is 7.09. The zero-order valence-electron chi connectivity index (χ0n) is 34.4. The molecule has 8 aromatic rings. The molecule has 0 saturated carbocycles. The first kappa shape index (κ1) is 34.1. The lowest BCUT2D eigenvalue weighted by Crippen LogP contribution is -2.49. The predicted octanol–water partition coefficient (Wildman–Crippen LogP) is 12.4.